The van der Waals surface area contributed by atoms with Gasteiger partial charge in [-0.05, 0) is 81.8 Å². The molecule has 0 saturated carbocycles. The van der Waals surface area contributed by atoms with E-state index in [-0.39, 0.29) is 5.41 Å². The third-order valence-electron chi connectivity index (χ3n) is 5.70. The first-order valence-electron chi connectivity index (χ1n) is 9.60. The summed E-state index contributed by atoms with van der Waals surface area (Å²) >= 11 is 0. The molecule has 26 heavy (non-hydrogen) atoms. The molecule has 2 aliphatic carbocycles. The van der Waals surface area contributed by atoms with Crippen LogP contribution in [-0.2, 0) is 0 Å². The Morgan fingerprint density at radius 3 is 2.27 bits per heavy atom. The van der Waals surface area contributed by atoms with Crippen molar-refractivity contribution in [3.63, 3.8) is 0 Å². The van der Waals surface area contributed by atoms with E-state index >= 15 is 0 Å². The highest BCUT2D eigenvalue weighted by Crippen LogP contribution is 2.41. The van der Waals surface area contributed by atoms with Crippen LogP contribution >= 0.6 is 0 Å². The summed E-state index contributed by atoms with van der Waals surface area (Å²) in [5.74, 6) is 0. The number of fused-ring (bicyclic) bond motifs is 2. The first-order valence-corrected chi connectivity index (χ1v) is 9.60. The quantitative estimate of drug-likeness (QED) is 0.552. The van der Waals surface area contributed by atoms with Crippen molar-refractivity contribution >= 4 is 17.2 Å². The van der Waals surface area contributed by atoms with Crippen LogP contribution in [0.5, 0.6) is 0 Å². The van der Waals surface area contributed by atoms with Crippen LogP contribution < -0.4 is 10.4 Å². The molecule has 2 aliphatic rings. The topological polar surface area (TPSA) is 0 Å². The average molecular weight is 341 g/mol. The van der Waals surface area contributed by atoms with Crippen LogP contribution in [0.1, 0.15) is 59.1 Å². The predicted molar refractivity (Wildman–Crippen MR) is 113 cm³/mol. The first kappa shape index (κ1) is 17.1. The predicted octanol–water partition coefficient (Wildman–Crippen LogP) is 5.46. The summed E-state index contributed by atoms with van der Waals surface area (Å²) in [6, 6.07) is 13.4. The van der Waals surface area contributed by atoms with Gasteiger partial charge in [-0.1, -0.05) is 74.4 Å². The van der Waals surface area contributed by atoms with Crippen molar-refractivity contribution in [2.24, 2.45) is 5.41 Å². The molecule has 0 bridgehead atoms. The van der Waals surface area contributed by atoms with Gasteiger partial charge in [-0.15, -0.1) is 0 Å². The van der Waals surface area contributed by atoms with Crippen molar-refractivity contribution in [1.29, 1.82) is 0 Å². The van der Waals surface area contributed by atoms with Crippen LogP contribution in [-0.4, -0.2) is 0 Å². The Hall–Kier alpha value is -2.34. The Balaban J connectivity index is 2.06. The minimum atomic E-state index is 0.196. The minimum absolute atomic E-state index is 0.196. The molecule has 0 radical (unpaired) electrons. The standard InChI is InChI=1S/C26H28/c1-16(2)20-11-12-22-21-10-8-7-9-18(21)14-23(22)25(20)19-13-17(3)24(15-19)26(4,5)6/h7-12,14-15H,13H2,1-6H3. The van der Waals surface area contributed by atoms with Gasteiger partial charge in [0.05, 0.1) is 0 Å². The molecule has 132 valence electrons. The van der Waals surface area contributed by atoms with Crippen molar-refractivity contribution in [3.8, 4) is 0 Å². The Kier molecular flexibility index (Phi) is 3.84. The van der Waals surface area contributed by atoms with E-state index in [1.54, 1.807) is 0 Å². The van der Waals surface area contributed by atoms with Gasteiger partial charge in [0.2, 0.25) is 0 Å². The van der Waals surface area contributed by atoms with Gasteiger partial charge in [-0.2, -0.15) is 0 Å². The van der Waals surface area contributed by atoms with Gasteiger partial charge in [-0.25, -0.2) is 0 Å². The zero-order chi connectivity index (χ0) is 18.6. The second-order valence-electron chi connectivity index (χ2n) is 8.97. The molecule has 0 nitrogen and oxygen atoms in total. The van der Waals surface area contributed by atoms with Crippen LogP contribution in [0.3, 0.4) is 0 Å². The summed E-state index contributed by atoms with van der Waals surface area (Å²) < 4.78 is 0. The second-order valence-corrected chi connectivity index (χ2v) is 8.97. The van der Waals surface area contributed by atoms with Crippen molar-refractivity contribution < 1.29 is 0 Å². The summed E-state index contributed by atoms with van der Waals surface area (Å²) in [5.41, 5.74) is 8.92. The van der Waals surface area contributed by atoms with E-state index in [0.29, 0.717) is 0 Å². The number of hydrogen-bond donors (Lipinski definition) is 0. The van der Waals surface area contributed by atoms with Crippen molar-refractivity contribution in [2.75, 3.05) is 0 Å². The Morgan fingerprint density at radius 2 is 1.62 bits per heavy atom. The molecule has 0 atom stereocenters. The lowest BCUT2D eigenvalue weighted by atomic mass is 9.85. The largest absolute Gasteiger partial charge is 0.0686 e. The van der Waals surface area contributed by atoms with Gasteiger partial charge < -0.3 is 0 Å². The number of hydrogen-bond acceptors (Lipinski definition) is 0. The highest BCUT2D eigenvalue weighted by atomic mass is 14.3. The molecule has 0 heteroatoms. The molecule has 4 rings (SSSR count). The molecular weight excluding hydrogens is 312 g/mol. The molecule has 0 saturated heterocycles. The number of benzene rings is 2. The fourth-order valence-corrected chi connectivity index (χ4v) is 4.54. The number of rotatable bonds is 1. The van der Waals surface area contributed by atoms with Gasteiger partial charge in [0, 0.05) is 0 Å². The van der Waals surface area contributed by atoms with Crippen molar-refractivity contribution in [3.05, 3.63) is 85.6 Å². The minimum Gasteiger partial charge on any atom is -0.0686 e. The Morgan fingerprint density at radius 1 is 0.885 bits per heavy atom. The molecule has 0 heterocycles. The maximum absolute atomic E-state index is 2.47. The number of allylic oxidation sites excluding steroid dienone is 4. The molecule has 0 amide bonds. The van der Waals surface area contributed by atoms with Gasteiger partial charge in [0.1, 0.15) is 0 Å². The molecule has 0 aliphatic heterocycles. The highest BCUT2D eigenvalue weighted by molar-refractivity contribution is 5.82. The van der Waals surface area contributed by atoms with Crippen molar-refractivity contribution in [2.45, 2.75) is 48.0 Å². The zero-order valence-electron chi connectivity index (χ0n) is 16.8. The van der Waals surface area contributed by atoms with Crippen LogP contribution in [0.15, 0.2) is 53.6 Å². The third kappa shape index (κ3) is 2.60. The Labute approximate surface area is 156 Å². The van der Waals surface area contributed by atoms with Crippen LogP contribution in [0, 0.1) is 15.9 Å². The van der Waals surface area contributed by atoms with E-state index in [2.05, 4.69) is 90.1 Å². The van der Waals surface area contributed by atoms with Crippen LogP contribution in [0.4, 0.5) is 0 Å². The fourth-order valence-electron chi connectivity index (χ4n) is 4.54. The van der Waals surface area contributed by atoms with Gasteiger partial charge in [0.15, 0.2) is 0 Å². The molecule has 2 aromatic rings. The molecule has 0 N–H and O–H groups in total. The summed E-state index contributed by atoms with van der Waals surface area (Å²) in [5, 5.41) is 5.47. The van der Waals surface area contributed by atoms with E-state index in [9.17, 15) is 0 Å². The maximum Gasteiger partial charge on any atom is -0.00574 e. The Bertz CT molecular complexity index is 1190. The lowest BCUT2D eigenvalue weighted by molar-refractivity contribution is 0.514. The van der Waals surface area contributed by atoms with Gasteiger partial charge in [0.25, 0.3) is 0 Å². The van der Waals surface area contributed by atoms with E-state index in [0.717, 1.165) is 6.42 Å². The molecule has 2 aromatic carbocycles. The molecule has 0 unspecified atom stereocenters. The summed E-state index contributed by atoms with van der Waals surface area (Å²) in [7, 11) is 0. The van der Waals surface area contributed by atoms with E-state index in [1.165, 1.54) is 54.3 Å². The lowest BCUT2D eigenvalue weighted by Crippen LogP contribution is -2.13. The fraction of sp³-hybridized carbons (Fsp3) is 0.308. The summed E-state index contributed by atoms with van der Waals surface area (Å²) in [6.07, 6.45) is 5.92. The molecule has 0 aromatic heterocycles. The summed E-state index contributed by atoms with van der Waals surface area (Å²) in [4.78, 5) is 0. The smallest absolute Gasteiger partial charge is 0.00574 e. The highest BCUT2D eigenvalue weighted by Gasteiger charge is 2.25. The molecular formula is C26H28. The monoisotopic (exact) mass is 340 g/mol. The van der Waals surface area contributed by atoms with Crippen molar-refractivity contribution in [1.82, 2.24) is 0 Å². The molecule has 0 fully saturated rings. The molecule has 0 spiro atoms. The van der Waals surface area contributed by atoms with E-state index in [4.69, 9.17) is 0 Å². The first-order chi connectivity index (χ1) is 12.3. The third-order valence-corrected chi connectivity index (χ3v) is 5.70. The van der Waals surface area contributed by atoms with E-state index < -0.39 is 0 Å². The summed E-state index contributed by atoms with van der Waals surface area (Å²) in [6.45, 7) is 13.7. The van der Waals surface area contributed by atoms with Gasteiger partial charge in [-0.3, -0.25) is 0 Å². The van der Waals surface area contributed by atoms with Crippen LogP contribution in [0.25, 0.3) is 17.2 Å². The zero-order valence-corrected chi connectivity index (χ0v) is 16.8. The second kappa shape index (κ2) is 5.84. The normalized spacial score (nSPS) is 15.5. The van der Waals surface area contributed by atoms with Gasteiger partial charge >= 0.3 is 0 Å². The van der Waals surface area contributed by atoms with E-state index in [1.807, 2.05) is 0 Å². The maximum atomic E-state index is 2.47. The average Bonchev–Trinajstić information content (AvgIpc) is 3.13. The lowest BCUT2D eigenvalue weighted by Gasteiger charge is -2.20. The SMILES string of the molecule is CC1=C(C(C)(C)C)C=C(c2c3c(ccc2=C(C)C)=c2ccccc2=C3)C1. The van der Waals surface area contributed by atoms with Crippen LogP contribution in [0.2, 0.25) is 0 Å².